The maximum absolute atomic E-state index is 8.59. The molecule has 0 aromatic carbocycles. The molecule has 0 heterocycles. The Balaban J connectivity index is 2.45. The van der Waals surface area contributed by atoms with E-state index in [4.69, 9.17) is 5.26 Å². The van der Waals surface area contributed by atoms with Crippen LogP contribution < -0.4 is 0 Å². The molecule has 0 bridgehead atoms. The van der Waals surface area contributed by atoms with Crippen molar-refractivity contribution in [1.29, 1.82) is 5.26 Å². The molecule has 0 aliphatic heterocycles. The van der Waals surface area contributed by atoms with Gasteiger partial charge in [-0.15, -0.1) is 0 Å². The van der Waals surface area contributed by atoms with Crippen LogP contribution in [0.1, 0.15) is 38.5 Å². The van der Waals surface area contributed by atoms with Crippen LogP contribution in [-0.2, 0) is 0 Å². The summed E-state index contributed by atoms with van der Waals surface area (Å²) in [6.07, 6.45) is 9.34. The van der Waals surface area contributed by atoms with Gasteiger partial charge in [0, 0.05) is 5.57 Å². The average Bonchev–Trinajstić information content (AvgIpc) is 1.87. The Morgan fingerprint density at radius 3 is 2.80 bits per heavy atom. The molecule has 1 rings (SSSR count). The molecule has 1 aliphatic rings. The number of allylic oxidation sites excluding steroid dienone is 2. The molecule has 54 valence electrons. The Kier molecular flexibility index (Phi) is 3.02. The van der Waals surface area contributed by atoms with Crippen molar-refractivity contribution in [3.8, 4) is 6.07 Å². The van der Waals surface area contributed by atoms with Crippen LogP contribution in [0, 0.1) is 11.3 Å². The smallest absolute Gasteiger partial charge is 0.0943 e. The fraction of sp³-hybridized carbons (Fsp3) is 0.667. The summed E-state index contributed by atoms with van der Waals surface area (Å²) < 4.78 is 0. The molecular weight excluding hydrogens is 122 g/mol. The molecule has 0 atom stereocenters. The Bertz CT molecular complexity index is 162. The molecular formula is C9H13N. The zero-order valence-electron chi connectivity index (χ0n) is 6.27. The summed E-state index contributed by atoms with van der Waals surface area (Å²) in [6, 6.07) is 2.23. The standard InChI is InChI=1S/C9H13N/c10-8-9-6-4-2-1-3-5-7-9/h6H,1-5,7H2. The van der Waals surface area contributed by atoms with Crippen LogP contribution in [0.4, 0.5) is 0 Å². The lowest BCUT2D eigenvalue weighted by Gasteiger charge is -2.03. The summed E-state index contributed by atoms with van der Waals surface area (Å²) in [5, 5.41) is 8.59. The van der Waals surface area contributed by atoms with E-state index < -0.39 is 0 Å². The second kappa shape index (κ2) is 4.11. The van der Waals surface area contributed by atoms with Gasteiger partial charge in [-0.2, -0.15) is 5.26 Å². The first-order valence-corrected chi connectivity index (χ1v) is 4.02. The predicted molar refractivity (Wildman–Crippen MR) is 41.4 cm³/mol. The van der Waals surface area contributed by atoms with E-state index in [9.17, 15) is 0 Å². The summed E-state index contributed by atoms with van der Waals surface area (Å²) in [5.41, 5.74) is 1.000. The second-order valence-corrected chi connectivity index (χ2v) is 2.79. The first kappa shape index (κ1) is 7.34. The van der Waals surface area contributed by atoms with Crippen molar-refractivity contribution in [3.63, 3.8) is 0 Å². The summed E-state index contributed by atoms with van der Waals surface area (Å²) in [4.78, 5) is 0. The lowest BCUT2D eigenvalue weighted by Crippen LogP contribution is -1.87. The number of nitrogens with zero attached hydrogens (tertiary/aromatic N) is 1. The highest BCUT2D eigenvalue weighted by molar-refractivity contribution is 5.20. The first-order chi connectivity index (χ1) is 4.93. The molecule has 0 aromatic heterocycles. The van der Waals surface area contributed by atoms with Crippen molar-refractivity contribution < 1.29 is 0 Å². The Morgan fingerprint density at radius 2 is 2.00 bits per heavy atom. The maximum Gasteiger partial charge on any atom is 0.0943 e. The topological polar surface area (TPSA) is 23.8 Å². The molecule has 1 nitrogen and oxygen atoms in total. The maximum atomic E-state index is 8.59. The van der Waals surface area contributed by atoms with Gasteiger partial charge in [-0.1, -0.05) is 18.9 Å². The molecule has 0 aromatic rings. The van der Waals surface area contributed by atoms with Gasteiger partial charge in [0.2, 0.25) is 0 Å². The van der Waals surface area contributed by atoms with Gasteiger partial charge in [0.1, 0.15) is 0 Å². The molecule has 0 amide bonds. The van der Waals surface area contributed by atoms with Crippen molar-refractivity contribution in [1.82, 2.24) is 0 Å². The Labute approximate surface area is 62.4 Å². The van der Waals surface area contributed by atoms with Crippen molar-refractivity contribution in [3.05, 3.63) is 11.6 Å². The number of nitriles is 1. The fourth-order valence-electron chi connectivity index (χ4n) is 1.29. The van der Waals surface area contributed by atoms with Gasteiger partial charge in [0.05, 0.1) is 6.07 Å². The minimum Gasteiger partial charge on any atom is -0.193 e. The summed E-state index contributed by atoms with van der Waals surface area (Å²) in [7, 11) is 0. The molecule has 0 radical (unpaired) electrons. The zero-order valence-corrected chi connectivity index (χ0v) is 6.27. The SMILES string of the molecule is N#CC1=CCCCCCC1. The first-order valence-electron chi connectivity index (χ1n) is 4.02. The van der Waals surface area contributed by atoms with Crippen LogP contribution in [0.5, 0.6) is 0 Å². The molecule has 10 heavy (non-hydrogen) atoms. The Morgan fingerprint density at radius 1 is 1.20 bits per heavy atom. The highest BCUT2D eigenvalue weighted by atomic mass is 14.2. The van der Waals surface area contributed by atoms with E-state index in [2.05, 4.69) is 12.1 Å². The normalized spacial score (nSPS) is 20.1. The molecule has 0 N–H and O–H groups in total. The van der Waals surface area contributed by atoms with Gasteiger partial charge in [-0.05, 0) is 25.7 Å². The van der Waals surface area contributed by atoms with E-state index in [1.807, 2.05) is 0 Å². The van der Waals surface area contributed by atoms with Crippen molar-refractivity contribution in [2.75, 3.05) is 0 Å². The van der Waals surface area contributed by atoms with Gasteiger partial charge >= 0.3 is 0 Å². The summed E-state index contributed by atoms with van der Waals surface area (Å²) >= 11 is 0. The van der Waals surface area contributed by atoms with E-state index >= 15 is 0 Å². The molecule has 0 saturated carbocycles. The minimum atomic E-state index is 1.000. The van der Waals surface area contributed by atoms with Crippen molar-refractivity contribution in [2.45, 2.75) is 38.5 Å². The largest absolute Gasteiger partial charge is 0.193 e. The van der Waals surface area contributed by atoms with Crippen LogP contribution in [-0.4, -0.2) is 0 Å². The van der Waals surface area contributed by atoms with Gasteiger partial charge in [0.15, 0.2) is 0 Å². The quantitative estimate of drug-likeness (QED) is 0.501. The third-order valence-corrected chi connectivity index (χ3v) is 1.93. The molecule has 0 fully saturated rings. The van der Waals surface area contributed by atoms with E-state index in [-0.39, 0.29) is 0 Å². The third kappa shape index (κ3) is 2.23. The highest BCUT2D eigenvalue weighted by Crippen LogP contribution is 2.15. The monoisotopic (exact) mass is 135 g/mol. The van der Waals surface area contributed by atoms with Gasteiger partial charge in [-0.3, -0.25) is 0 Å². The van der Waals surface area contributed by atoms with Gasteiger partial charge in [0.25, 0.3) is 0 Å². The number of hydrogen-bond acceptors (Lipinski definition) is 1. The summed E-state index contributed by atoms with van der Waals surface area (Å²) in [5.74, 6) is 0. The second-order valence-electron chi connectivity index (χ2n) is 2.79. The number of rotatable bonds is 0. The third-order valence-electron chi connectivity index (χ3n) is 1.93. The molecule has 0 saturated heterocycles. The van der Waals surface area contributed by atoms with Crippen LogP contribution in [0.2, 0.25) is 0 Å². The van der Waals surface area contributed by atoms with E-state index in [1.165, 1.54) is 25.7 Å². The minimum absolute atomic E-state index is 1.000. The van der Waals surface area contributed by atoms with E-state index in [1.54, 1.807) is 0 Å². The Hall–Kier alpha value is -0.770. The molecule has 0 spiro atoms. The molecule has 1 aliphatic carbocycles. The van der Waals surface area contributed by atoms with E-state index in [0.29, 0.717) is 0 Å². The van der Waals surface area contributed by atoms with Crippen LogP contribution >= 0.6 is 0 Å². The van der Waals surface area contributed by atoms with Crippen molar-refractivity contribution in [2.24, 2.45) is 0 Å². The van der Waals surface area contributed by atoms with Gasteiger partial charge in [-0.25, -0.2) is 0 Å². The predicted octanol–water partition coefficient (Wildman–Crippen LogP) is 2.79. The van der Waals surface area contributed by atoms with Crippen molar-refractivity contribution >= 4 is 0 Å². The fourth-order valence-corrected chi connectivity index (χ4v) is 1.29. The molecule has 1 heteroatoms. The lowest BCUT2D eigenvalue weighted by atomic mass is 10.0. The van der Waals surface area contributed by atoms with Crippen LogP contribution in [0.3, 0.4) is 0 Å². The van der Waals surface area contributed by atoms with Gasteiger partial charge < -0.3 is 0 Å². The van der Waals surface area contributed by atoms with Crippen LogP contribution in [0.15, 0.2) is 11.6 Å². The summed E-state index contributed by atoms with van der Waals surface area (Å²) in [6.45, 7) is 0. The average molecular weight is 135 g/mol. The lowest BCUT2D eigenvalue weighted by molar-refractivity contribution is 0.630. The molecule has 0 unspecified atom stereocenters. The zero-order chi connectivity index (χ0) is 7.23. The van der Waals surface area contributed by atoms with Crippen LogP contribution in [0.25, 0.3) is 0 Å². The van der Waals surface area contributed by atoms with E-state index in [0.717, 1.165) is 18.4 Å². The highest BCUT2D eigenvalue weighted by Gasteiger charge is 1.99. The number of hydrogen-bond donors (Lipinski definition) is 0.